The summed E-state index contributed by atoms with van der Waals surface area (Å²) < 4.78 is 17.1. The summed E-state index contributed by atoms with van der Waals surface area (Å²) in [6.07, 6.45) is 1.54. The Balaban J connectivity index is 2.08. The molecule has 0 radical (unpaired) electrons. The number of hydrogen-bond acceptors (Lipinski definition) is 5. The SMILES string of the molecule is COc1ccc(C(c2cc(OC)c(OC)cc2Br)N2CCCC(C(=O)O)C2)cc1. The molecule has 0 aromatic heterocycles. The van der Waals surface area contributed by atoms with Gasteiger partial charge in [0.05, 0.1) is 33.3 Å². The number of carbonyl (C=O) groups is 1. The first-order valence-electron chi connectivity index (χ1n) is 9.50. The van der Waals surface area contributed by atoms with Crippen LogP contribution in [0.3, 0.4) is 0 Å². The molecule has 0 aliphatic carbocycles. The maximum atomic E-state index is 11.6. The number of carboxylic acids is 1. The van der Waals surface area contributed by atoms with E-state index >= 15 is 0 Å². The lowest BCUT2D eigenvalue weighted by atomic mass is 9.91. The van der Waals surface area contributed by atoms with Crippen LogP contribution in [0.25, 0.3) is 0 Å². The summed E-state index contributed by atoms with van der Waals surface area (Å²) in [4.78, 5) is 13.9. The van der Waals surface area contributed by atoms with Crippen LogP contribution >= 0.6 is 15.9 Å². The van der Waals surface area contributed by atoms with Crippen LogP contribution in [0, 0.1) is 5.92 Å². The molecule has 29 heavy (non-hydrogen) atoms. The molecule has 1 saturated heterocycles. The highest BCUT2D eigenvalue weighted by Gasteiger charge is 2.32. The molecule has 1 aliphatic rings. The van der Waals surface area contributed by atoms with E-state index in [1.54, 1.807) is 21.3 Å². The molecule has 1 aliphatic heterocycles. The molecule has 1 fully saturated rings. The molecule has 2 aromatic carbocycles. The quantitative estimate of drug-likeness (QED) is 0.657. The highest BCUT2D eigenvalue weighted by atomic mass is 79.9. The van der Waals surface area contributed by atoms with Crippen molar-refractivity contribution in [3.63, 3.8) is 0 Å². The van der Waals surface area contributed by atoms with E-state index in [2.05, 4.69) is 20.8 Å². The van der Waals surface area contributed by atoms with Gasteiger partial charge in [0.2, 0.25) is 0 Å². The summed E-state index contributed by atoms with van der Waals surface area (Å²) >= 11 is 3.68. The number of likely N-dealkylation sites (tertiary alicyclic amines) is 1. The van der Waals surface area contributed by atoms with Gasteiger partial charge in [-0.2, -0.15) is 0 Å². The highest BCUT2D eigenvalue weighted by molar-refractivity contribution is 9.10. The normalized spacial score (nSPS) is 18.1. The second-order valence-electron chi connectivity index (χ2n) is 7.08. The van der Waals surface area contributed by atoms with Gasteiger partial charge in [0, 0.05) is 11.0 Å². The fraction of sp³-hybridized carbons (Fsp3) is 0.409. The lowest BCUT2D eigenvalue weighted by molar-refractivity contribution is -0.143. The molecule has 1 heterocycles. The van der Waals surface area contributed by atoms with Crippen molar-refractivity contribution in [2.45, 2.75) is 18.9 Å². The van der Waals surface area contributed by atoms with Gasteiger partial charge in [0.25, 0.3) is 0 Å². The van der Waals surface area contributed by atoms with Crippen molar-refractivity contribution in [2.75, 3.05) is 34.4 Å². The molecule has 0 amide bonds. The predicted molar refractivity (Wildman–Crippen MR) is 114 cm³/mol. The van der Waals surface area contributed by atoms with E-state index < -0.39 is 5.97 Å². The summed E-state index contributed by atoms with van der Waals surface area (Å²) in [7, 11) is 4.85. The number of piperidine rings is 1. The fourth-order valence-electron chi connectivity index (χ4n) is 3.90. The molecular weight excluding hydrogens is 438 g/mol. The Morgan fingerprint density at radius 1 is 1.10 bits per heavy atom. The largest absolute Gasteiger partial charge is 0.497 e. The Labute approximate surface area is 179 Å². The van der Waals surface area contributed by atoms with Gasteiger partial charge in [-0.05, 0) is 54.8 Å². The first-order valence-corrected chi connectivity index (χ1v) is 10.3. The van der Waals surface area contributed by atoms with E-state index in [9.17, 15) is 9.90 Å². The molecule has 6 nitrogen and oxygen atoms in total. The first-order chi connectivity index (χ1) is 14.0. The third kappa shape index (κ3) is 4.67. The molecule has 2 aromatic rings. The van der Waals surface area contributed by atoms with Crippen LogP contribution in [0.5, 0.6) is 17.2 Å². The maximum absolute atomic E-state index is 11.6. The highest BCUT2D eigenvalue weighted by Crippen LogP contribution is 2.41. The summed E-state index contributed by atoms with van der Waals surface area (Å²) in [5, 5.41) is 9.56. The Hall–Kier alpha value is -2.25. The van der Waals surface area contributed by atoms with Gasteiger partial charge in [0.15, 0.2) is 11.5 Å². The van der Waals surface area contributed by atoms with Gasteiger partial charge in [-0.25, -0.2) is 0 Å². The summed E-state index contributed by atoms with van der Waals surface area (Å²) in [6, 6.07) is 11.6. The second-order valence-corrected chi connectivity index (χ2v) is 7.93. The van der Waals surface area contributed by atoms with E-state index in [4.69, 9.17) is 14.2 Å². The van der Waals surface area contributed by atoms with Gasteiger partial charge in [-0.3, -0.25) is 9.69 Å². The zero-order chi connectivity index (χ0) is 21.0. The number of hydrogen-bond donors (Lipinski definition) is 1. The van der Waals surface area contributed by atoms with Crippen LogP contribution in [-0.4, -0.2) is 50.4 Å². The lowest BCUT2D eigenvalue weighted by Crippen LogP contribution is -2.41. The summed E-state index contributed by atoms with van der Waals surface area (Å²) in [5.41, 5.74) is 2.06. The van der Waals surface area contributed by atoms with Gasteiger partial charge < -0.3 is 19.3 Å². The molecule has 0 saturated carbocycles. The van der Waals surface area contributed by atoms with Crippen molar-refractivity contribution in [2.24, 2.45) is 5.92 Å². The Bertz CT molecular complexity index is 855. The van der Waals surface area contributed by atoms with E-state index in [0.29, 0.717) is 24.5 Å². The maximum Gasteiger partial charge on any atom is 0.307 e. The van der Waals surface area contributed by atoms with Crippen LogP contribution in [0.15, 0.2) is 40.9 Å². The van der Waals surface area contributed by atoms with Crippen LogP contribution in [0.1, 0.15) is 30.0 Å². The Morgan fingerprint density at radius 2 is 1.76 bits per heavy atom. The average Bonchev–Trinajstić information content (AvgIpc) is 2.75. The average molecular weight is 464 g/mol. The predicted octanol–water partition coefficient (Wildman–Crippen LogP) is 4.36. The molecule has 0 spiro atoms. The molecule has 2 unspecified atom stereocenters. The standard InChI is InChI=1S/C22H26BrNO5/c1-27-16-8-6-14(7-9-16)21(24-10-4-5-15(13-24)22(25)26)17-11-19(28-2)20(29-3)12-18(17)23/h6-9,11-12,15,21H,4-5,10,13H2,1-3H3,(H,25,26). The van der Waals surface area contributed by atoms with Crippen LogP contribution in [-0.2, 0) is 4.79 Å². The van der Waals surface area contributed by atoms with E-state index in [1.165, 1.54) is 0 Å². The summed E-state index contributed by atoms with van der Waals surface area (Å²) in [6.45, 7) is 1.31. The smallest absolute Gasteiger partial charge is 0.307 e. The van der Waals surface area contributed by atoms with Gasteiger partial charge in [-0.1, -0.05) is 28.1 Å². The Kier molecular flexibility index (Phi) is 7.03. The number of aliphatic carboxylic acids is 1. The molecule has 3 rings (SSSR count). The third-order valence-electron chi connectivity index (χ3n) is 5.40. The molecule has 1 N–H and O–H groups in total. The van der Waals surface area contributed by atoms with Gasteiger partial charge >= 0.3 is 5.97 Å². The van der Waals surface area contributed by atoms with Crippen molar-refractivity contribution in [1.29, 1.82) is 0 Å². The van der Waals surface area contributed by atoms with Crippen molar-refractivity contribution < 1.29 is 24.1 Å². The van der Waals surface area contributed by atoms with Crippen molar-refractivity contribution in [1.82, 2.24) is 4.90 Å². The minimum Gasteiger partial charge on any atom is -0.497 e. The minimum absolute atomic E-state index is 0.128. The van der Waals surface area contributed by atoms with Crippen molar-refractivity contribution in [3.05, 3.63) is 52.0 Å². The molecule has 0 bridgehead atoms. The minimum atomic E-state index is -0.741. The summed E-state index contributed by atoms with van der Waals surface area (Å²) in [5.74, 6) is 0.938. The second kappa shape index (κ2) is 9.50. The molecule has 156 valence electrons. The van der Waals surface area contributed by atoms with Gasteiger partial charge in [-0.15, -0.1) is 0 Å². The van der Waals surface area contributed by atoms with E-state index in [1.807, 2.05) is 36.4 Å². The number of ether oxygens (including phenoxy) is 3. The zero-order valence-electron chi connectivity index (χ0n) is 16.9. The number of carboxylic acid groups (broad SMARTS) is 1. The molecule has 7 heteroatoms. The zero-order valence-corrected chi connectivity index (χ0v) is 18.4. The fourth-order valence-corrected chi connectivity index (χ4v) is 4.43. The molecular formula is C22H26BrNO5. The number of benzene rings is 2. The first kappa shape index (κ1) is 21.5. The van der Waals surface area contributed by atoms with Crippen LogP contribution < -0.4 is 14.2 Å². The lowest BCUT2D eigenvalue weighted by Gasteiger charge is -2.38. The molecule has 2 atom stereocenters. The third-order valence-corrected chi connectivity index (χ3v) is 6.08. The van der Waals surface area contributed by atoms with Gasteiger partial charge in [0.1, 0.15) is 5.75 Å². The van der Waals surface area contributed by atoms with E-state index in [-0.39, 0.29) is 12.0 Å². The number of halogens is 1. The topological polar surface area (TPSA) is 68.2 Å². The number of methoxy groups -OCH3 is 3. The van der Waals surface area contributed by atoms with Crippen molar-refractivity contribution >= 4 is 21.9 Å². The van der Waals surface area contributed by atoms with Crippen LogP contribution in [0.4, 0.5) is 0 Å². The van der Waals surface area contributed by atoms with Crippen LogP contribution in [0.2, 0.25) is 0 Å². The van der Waals surface area contributed by atoms with E-state index in [0.717, 1.165) is 34.3 Å². The monoisotopic (exact) mass is 463 g/mol. The van der Waals surface area contributed by atoms with Crippen molar-refractivity contribution in [3.8, 4) is 17.2 Å². The number of nitrogens with zero attached hydrogens (tertiary/aromatic N) is 1. The Morgan fingerprint density at radius 3 is 2.34 bits per heavy atom. The number of rotatable bonds is 7.